The number of aliphatic hydroxyl groups is 1. The molecule has 0 spiro atoms. The first kappa shape index (κ1) is 12.8. The Kier molecular flexibility index (Phi) is 3.81. The first-order valence-electron chi connectivity index (χ1n) is 5.92. The zero-order valence-electron chi connectivity index (χ0n) is 10.2. The van der Waals surface area contributed by atoms with Crippen molar-refractivity contribution in [1.82, 2.24) is 4.90 Å². The van der Waals surface area contributed by atoms with Crippen LogP contribution in [0.1, 0.15) is 23.2 Å². The van der Waals surface area contributed by atoms with Gasteiger partial charge in [0.15, 0.2) is 11.6 Å². The first-order valence-corrected chi connectivity index (χ1v) is 5.92. The number of halogens is 1. The standard InChI is InChI=1S/C13H16FNO3/c1-18-12-5-2-9(8-11(12)14)13(17)15(6-7-16)10-3-4-10/h2,5,8,10,16H,3-4,6-7H2,1H3. The number of amides is 1. The molecule has 1 amide bonds. The van der Waals surface area contributed by atoms with Crippen molar-refractivity contribution in [2.75, 3.05) is 20.3 Å². The highest BCUT2D eigenvalue weighted by molar-refractivity contribution is 5.94. The fourth-order valence-corrected chi connectivity index (χ4v) is 1.91. The van der Waals surface area contributed by atoms with Crippen LogP contribution in [0.15, 0.2) is 18.2 Å². The molecule has 1 aromatic carbocycles. The third-order valence-electron chi connectivity index (χ3n) is 2.99. The van der Waals surface area contributed by atoms with Crippen LogP contribution >= 0.6 is 0 Å². The minimum atomic E-state index is -0.553. The summed E-state index contributed by atoms with van der Waals surface area (Å²) in [5.41, 5.74) is 0.286. The fourth-order valence-electron chi connectivity index (χ4n) is 1.91. The van der Waals surface area contributed by atoms with Gasteiger partial charge >= 0.3 is 0 Å². The van der Waals surface area contributed by atoms with Crippen molar-refractivity contribution in [1.29, 1.82) is 0 Å². The Hall–Kier alpha value is -1.62. The number of rotatable bonds is 5. The molecule has 0 aliphatic heterocycles. The Morgan fingerprint density at radius 2 is 2.28 bits per heavy atom. The molecule has 2 rings (SSSR count). The maximum atomic E-state index is 13.5. The lowest BCUT2D eigenvalue weighted by Gasteiger charge is -2.21. The zero-order chi connectivity index (χ0) is 13.1. The van der Waals surface area contributed by atoms with Crippen LogP contribution in [0, 0.1) is 5.82 Å². The van der Waals surface area contributed by atoms with E-state index >= 15 is 0 Å². The Balaban J connectivity index is 2.18. The second-order valence-corrected chi connectivity index (χ2v) is 4.30. The van der Waals surface area contributed by atoms with Crippen molar-refractivity contribution in [2.24, 2.45) is 0 Å². The summed E-state index contributed by atoms with van der Waals surface area (Å²) in [4.78, 5) is 13.8. The zero-order valence-corrected chi connectivity index (χ0v) is 10.2. The SMILES string of the molecule is COc1ccc(C(=O)N(CCO)C2CC2)cc1F. The molecule has 1 fully saturated rings. The molecule has 0 heterocycles. The Bertz CT molecular complexity index is 446. The number of carbonyl (C=O) groups is 1. The van der Waals surface area contributed by atoms with Gasteiger partial charge < -0.3 is 14.7 Å². The van der Waals surface area contributed by atoms with Crippen LogP contribution in [0.25, 0.3) is 0 Å². The van der Waals surface area contributed by atoms with Crippen molar-refractivity contribution in [3.05, 3.63) is 29.6 Å². The summed E-state index contributed by atoms with van der Waals surface area (Å²) >= 11 is 0. The predicted octanol–water partition coefficient (Wildman–Crippen LogP) is 1.43. The maximum Gasteiger partial charge on any atom is 0.254 e. The molecular weight excluding hydrogens is 237 g/mol. The Labute approximate surface area is 105 Å². The van der Waals surface area contributed by atoms with Gasteiger partial charge in [-0.2, -0.15) is 0 Å². The van der Waals surface area contributed by atoms with E-state index in [1.54, 1.807) is 4.90 Å². The van der Waals surface area contributed by atoms with Gasteiger partial charge in [0, 0.05) is 18.2 Å². The van der Waals surface area contributed by atoms with Gasteiger partial charge in [-0.1, -0.05) is 0 Å². The third-order valence-corrected chi connectivity index (χ3v) is 2.99. The number of ether oxygens (including phenoxy) is 1. The largest absolute Gasteiger partial charge is 0.494 e. The van der Waals surface area contributed by atoms with E-state index in [1.807, 2.05) is 0 Å². The van der Waals surface area contributed by atoms with E-state index in [4.69, 9.17) is 9.84 Å². The van der Waals surface area contributed by atoms with Gasteiger partial charge in [-0.15, -0.1) is 0 Å². The molecule has 1 N–H and O–H groups in total. The van der Waals surface area contributed by atoms with Gasteiger partial charge in [-0.3, -0.25) is 4.79 Å². The quantitative estimate of drug-likeness (QED) is 0.863. The topological polar surface area (TPSA) is 49.8 Å². The lowest BCUT2D eigenvalue weighted by molar-refractivity contribution is 0.0707. The summed E-state index contributed by atoms with van der Waals surface area (Å²) in [6.07, 6.45) is 1.90. The molecule has 0 radical (unpaired) electrons. The smallest absolute Gasteiger partial charge is 0.254 e. The number of methoxy groups -OCH3 is 1. The minimum Gasteiger partial charge on any atom is -0.494 e. The molecule has 18 heavy (non-hydrogen) atoms. The Morgan fingerprint density at radius 1 is 1.56 bits per heavy atom. The van der Waals surface area contributed by atoms with Crippen molar-refractivity contribution >= 4 is 5.91 Å². The monoisotopic (exact) mass is 253 g/mol. The molecule has 98 valence electrons. The van der Waals surface area contributed by atoms with Crippen molar-refractivity contribution in [2.45, 2.75) is 18.9 Å². The number of hydrogen-bond acceptors (Lipinski definition) is 3. The maximum absolute atomic E-state index is 13.5. The van der Waals surface area contributed by atoms with Crippen molar-refractivity contribution in [3.8, 4) is 5.75 Å². The van der Waals surface area contributed by atoms with Crippen LogP contribution in [-0.4, -0.2) is 42.2 Å². The average Bonchev–Trinajstić information content (AvgIpc) is 3.19. The molecule has 0 saturated heterocycles. The molecule has 0 bridgehead atoms. The fraction of sp³-hybridized carbons (Fsp3) is 0.462. The molecule has 4 nitrogen and oxygen atoms in total. The lowest BCUT2D eigenvalue weighted by Crippen LogP contribution is -2.35. The number of carbonyl (C=O) groups excluding carboxylic acids is 1. The summed E-state index contributed by atoms with van der Waals surface area (Å²) in [5.74, 6) is -0.678. The van der Waals surface area contributed by atoms with Crippen LogP contribution in [0.5, 0.6) is 5.75 Å². The van der Waals surface area contributed by atoms with E-state index < -0.39 is 5.82 Å². The number of nitrogens with zero attached hydrogens (tertiary/aromatic N) is 1. The molecule has 1 aliphatic carbocycles. The third kappa shape index (κ3) is 2.61. The molecule has 1 aliphatic rings. The summed E-state index contributed by atoms with van der Waals surface area (Å²) < 4.78 is 18.3. The van der Waals surface area contributed by atoms with Gasteiger partial charge in [0.1, 0.15) is 0 Å². The van der Waals surface area contributed by atoms with Crippen LogP contribution in [0.3, 0.4) is 0 Å². The Morgan fingerprint density at radius 3 is 2.78 bits per heavy atom. The molecular formula is C13H16FNO3. The second-order valence-electron chi connectivity index (χ2n) is 4.30. The van der Waals surface area contributed by atoms with Gasteiger partial charge in [0.2, 0.25) is 0 Å². The molecule has 1 aromatic rings. The van der Waals surface area contributed by atoms with E-state index in [0.29, 0.717) is 0 Å². The number of benzene rings is 1. The summed E-state index contributed by atoms with van der Waals surface area (Å²) in [7, 11) is 1.38. The first-order chi connectivity index (χ1) is 8.67. The molecule has 0 unspecified atom stereocenters. The lowest BCUT2D eigenvalue weighted by atomic mass is 10.1. The molecule has 1 saturated carbocycles. The van der Waals surface area contributed by atoms with Crippen LogP contribution in [0.2, 0.25) is 0 Å². The highest BCUT2D eigenvalue weighted by Crippen LogP contribution is 2.28. The van der Waals surface area contributed by atoms with Crippen molar-refractivity contribution < 1.29 is 19.0 Å². The molecule has 5 heteroatoms. The average molecular weight is 253 g/mol. The highest BCUT2D eigenvalue weighted by atomic mass is 19.1. The summed E-state index contributed by atoms with van der Waals surface area (Å²) in [5, 5.41) is 8.96. The van der Waals surface area contributed by atoms with E-state index in [9.17, 15) is 9.18 Å². The summed E-state index contributed by atoms with van der Waals surface area (Å²) in [6.45, 7) is 0.206. The number of hydrogen-bond donors (Lipinski definition) is 1. The van der Waals surface area contributed by atoms with E-state index in [1.165, 1.54) is 25.3 Å². The van der Waals surface area contributed by atoms with Crippen LogP contribution < -0.4 is 4.74 Å². The second kappa shape index (κ2) is 5.35. The minimum absolute atomic E-state index is 0.0825. The predicted molar refractivity (Wildman–Crippen MR) is 64.1 cm³/mol. The van der Waals surface area contributed by atoms with Gasteiger partial charge in [-0.05, 0) is 31.0 Å². The van der Waals surface area contributed by atoms with E-state index in [-0.39, 0.29) is 36.4 Å². The van der Waals surface area contributed by atoms with Gasteiger partial charge in [0.25, 0.3) is 5.91 Å². The molecule has 0 aromatic heterocycles. The van der Waals surface area contributed by atoms with Crippen LogP contribution in [-0.2, 0) is 0 Å². The highest BCUT2D eigenvalue weighted by Gasteiger charge is 2.32. The van der Waals surface area contributed by atoms with Crippen molar-refractivity contribution in [3.63, 3.8) is 0 Å². The van der Waals surface area contributed by atoms with E-state index in [0.717, 1.165) is 12.8 Å². The summed E-state index contributed by atoms with van der Waals surface area (Å²) in [6, 6.07) is 4.34. The van der Waals surface area contributed by atoms with Crippen LogP contribution in [0.4, 0.5) is 4.39 Å². The normalized spacial score (nSPS) is 14.4. The van der Waals surface area contributed by atoms with Gasteiger partial charge in [0.05, 0.1) is 13.7 Å². The van der Waals surface area contributed by atoms with E-state index in [2.05, 4.69) is 0 Å². The number of aliphatic hydroxyl groups excluding tert-OH is 1. The molecule has 0 atom stereocenters. The van der Waals surface area contributed by atoms with Gasteiger partial charge in [-0.25, -0.2) is 4.39 Å².